The van der Waals surface area contributed by atoms with E-state index in [-0.39, 0.29) is 0 Å². The van der Waals surface area contributed by atoms with E-state index in [0.717, 1.165) is 5.75 Å². The summed E-state index contributed by atoms with van der Waals surface area (Å²) in [4.78, 5) is 4.02. The first-order chi connectivity index (χ1) is 5.93. The van der Waals surface area contributed by atoms with Gasteiger partial charge in [0.1, 0.15) is 0 Å². The second-order valence-electron chi connectivity index (χ2n) is 2.00. The topological polar surface area (TPSA) is 12.9 Å². The van der Waals surface area contributed by atoms with E-state index in [4.69, 9.17) is 0 Å². The van der Waals surface area contributed by atoms with E-state index < -0.39 is 0 Å². The third-order valence-corrected chi connectivity index (χ3v) is 2.14. The van der Waals surface area contributed by atoms with Gasteiger partial charge in [-0.05, 0) is 17.4 Å². The highest BCUT2D eigenvalue weighted by atomic mass is 32.2. The average molecular weight is 183 g/mol. The lowest BCUT2D eigenvalue weighted by Gasteiger charge is -1.95. The molecule has 1 heterocycles. The first-order valence-electron chi connectivity index (χ1n) is 4.40. The number of hydrogen-bond acceptors (Lipinski definition) is 2. The molecule has 12 heavy (non-hydrogen) atoms. The maximum absolute atomic E-state index is 4.02. The smallest absolute Gasteiger partial charge is 0.0308 e. The van der Waals surface area contributed by atoms with Crippen LogP contribution in [0.15, 0.2) is 24.5 Å². The van der Waals surface area contributed by atoms with Crippen LogP contribution < -0.4 is 0 Å². The minimum Gasteiger partial charge on any atom is -0.264 e. The summed E-state index contributed by atoms with van der Waals surface area (Å²) < 4.78 is 0. The summed E-state index contributed by atoms with van der Waals surface area (Å²) in [5.74, 6) is 2.26. The highest BCUT2D eigenvalue weighted by Crippen LogP contribution is 2.08. The first-order valence-corrected chi connectivity index (χ1v) is 5.55. The van der Waals surface area contributed by atoms with Crippen molar-refractivity contribution in [3.8, 4) is 0 Å². The van der Waals surface area contributed by atoms with Crippen molar-refractivity contribution in [2.24, 2.45) is 0 Å². The number of pyridine rings is 1. The summed E-state index contributed by atoms with van der Waals surface area (Å²) in [6, 6.07) is 4.08. The molecule has 0 saturated carbocycles. The van der Waals surface area contributed by atoms with Gasteiger partial charge in [0.25, 0.3) is 0 Å². The molecule has 0 atom stereocenters. The summed E-state index contributed by atoms with van der Waals surface area (Å²) in [6.07, 6.45) is 3.72. The molecule has 1 rings (SSSR count). The Morgan fingerprint density at radius 2 is 2.17 bits per heavy atom. The molecule has 0 amide bonds. The van der Waals surface area contributed by atoms with Gasteiger partial charge in [-0.1, -0.05) is 26.8 Å². The second kappa shape index (κ2) is 8.60. The Morgan fingerprint density at radius 3 is 2.67 bits per heavy atom. The molecule has 0 aromatic carbocycles. The Balaban J connectivity index is 0.000000561. The van der Waals surface area contributed by atoms with Crippen LogP contribution in [0.3, 0.4) is 0 Å². The third kappa shape index (κ3) is 5.19. The molecule has 0 fully saturated rings. The molecule has 0 radical (unpaired) electrons. The van der Waals surface area contributed by atoms with E-state index in [1.54, 1.807) is 6.20 Å². The van der Waals surface area contributed by atoms with Crippen LogP contribution in [0, 0.1) is 0 Å². The summed E-state index contributed by atoms with van der Waals surface area (Å²) in [7, 11) is 0. The molecule has 1 nitrogen and oxygen atoms in total. The quantitative estimate of drug-likeness (QED) is 0.712. The normalized spacial score (nSPS) is 8.58. The Labute approximate surface area is 79.6 Å². The van der Waals surface area contributed by atoms with Gasteiger partial charge in [0.05, 0.1) is 0 Å². The van der Waals surface area contributed by atoms with Crippen molar-refractivity contribution in [3.05, 3.63) is 30.1 Å². The van der Waals surface area contributed by atoms with Gasteiger partial charge in [-0.15, -0.1) is 0 Å². The molecule has 1 aromatic heterocycles. The van der Waals surface area contributed by atoms with Gasteiger partial charge in [-0.25, -0.2) is 0 Å². The fourth-order valence-electron chi connectivity index (χ4n) is 0.703. The van der Waals surface area contributed by atoms with Crippen molar-refractivity contribution >= 4 is 11.8 Å². The predicted octanol–water partition coefficient (Wildman–Crippen LogP) is 3.36. The molecule has 0 spiro atoms. The number of rotatable bonds is 3. The van der Waals surface area contributed by atoms with Crippen molar-refractivity contribution in [2.45, 2.75) is 26.5 Å². The van der Waals surface area contributed by atoms with Crippen molar-refractivity contribution < 1.29 is 0 Å². The first kappa shape index (κ1) is 11.5. The van der Waals surface area contributed by atoms with Gasteiger partial charge in [0, 0.05) is 18.1 Å². The van der Waals surface area contributed by atoms with E-state index in [0.29, 0.717) is 0 Å². The molecule has 2 heteroatoms. The van der Waals surface area contributed by atoms with Crippen molar-refractivity contribution in [3.63, 3.8) is 0 Å². The van der Waals surface area contributed by atoms with E-state index in [9.17, 15) is 0 Å². The van der Waals surface area contributed by atoms with Gasteiger partial charge in [0.2, 0.25) is 0 Å². The lowest BCUT2D eigenvalue weighted by Crippen LogP contribution is -1.80. The summed E-state index contributed by atoms with van der Waals surface area (Å²) in [5.41, 5.74) is 1.31. The molecule has 0 unspecified atom stereocenters. The standard InChI is InChI=1S/C8H11NS.C2H6/c1-2-10-7-8-4-3-5-9-6-8;1-2/h3-6H,2,7H2,1H3;1-2H3. The highest BCUT2D eigenvalue weighted by molar-refractivity contribution is 7.98. The Kier molecular flexibility index (Phi) is 8.24. The van der Waals surface area contributed by atoms with Crippen molar-refractivity contribution in [2.75, 3.05) is 5.75 Å². The minimum absolute atomic E-state index is 1.09. The Hall–Kier alpha value is -0.500. The zero-order valence-corrected chi connectivity index (χ0v) is 8.90. The lowest BCUT2D eigenvalue weighted by molar-refractivity contribution is 1.25. The Morgan fingerprint density at radius 1 is 1.42 bits per heavy atom. The Bertz CT molecular complexity index is 174. The average Bonchev–Trinajstić information content (AvgIpc) is 2.19. The third-order valence-electron chi connectivity index (χ3n) is 1.20. The number of aromatic nitrogens is 1. The van der Waals surface area contributed by atoms with Gasteiger partial charge < -0.3 is 0 Å². The van der Waals surface area contributed by atoms with Crippen molar-refractivity contribution in [1.82, 2.24) is 4.98 Å². The van der Waals surface area contributed by atoms with E-state index in [2.05, 4.69) is 18.0 Å². The van der Waals surface area contributed by atoms with E-state index in [1.807, 2.05) is 37.9 Å². The number of hydrogen-bond donors (Lipinski definition) is 0. The molecule has 0 aliphatic rings. The van der Waals surface area contributed by atoms with Crippen LogP contribution in [0.4, 0.5) is 0 Å². The molecular weight excluding hydrogens is 166 g/mol. The lowest BCUT2D eigenvalue weighted by atomic mass is 10.3. The molecule has 1 aromatic rings. The van der Waals surface area contributed by atoms with E-state index in [1.165, 1.54) is 11.3 Å². The largest absolute Gasteiger partial charge is 0.264 e. The minimum atomic E-state index is 1.09. The molecule has 0 aliphatic carbocycles. The highest BCUT2D eigenvalue weighted by Gasteiger charge is 1.88. The molecule has 68 valence electrons. The molecule has 0 N–H and O–H groups in total. The fraction of sp³-hybridized carbons (Fsp3) is 0.500. The maximum atomic E-state index is 4.02. The van der Waals surface area contributed by atoms with Gasteiger partial charge >= 0.3 is 0 Å². The summed E-state index contributed by atoms with van der Waals surface area (Å²) in [5, 5.41) is 0. The van der Waals surface area contributed by atoms with Crippen LogP contribution >= 0.6 is 11.8 Å². The monoisotopic (exact) mass is 183 g/mol. The summed E-state index contributed by atoms with van der Waals surface area (Å²) >= 11 is 1.92. The van der Waals surface area contributed by atoms with Crippen LogP contribution in [0.5, 0.6) is 0 Å². The number of nitrogens with zero attached hydrogens (tertiary/aromatic N) is 1. The van der Waals surface area contributed by atoms with Crippen LogP contribution in [-0.2, 0) is 5.75 Å². The molecule has 0 aliphatic heterocycles. The van der Waals surface area contributed by atoms with Crippen LogP contribution in [-0.4, -0.2) is 10.7 Å². The van der Waals surface area contributed by atoms with Gasteiger partial charge in [0.15, 0.2) is 0 Å². The zero-order valence-electron chi connectivity index (χ0n) is 8.08. The zero-order chi connectivity index (χ0) is 9.23. The molecular formula is C10H17NS. The summed E-state index contributed by atoms with van der Waals surface area (Å²) in [6.45, 7) is 6.17. The van der Waals surface area contributed by atoms with Gasteiger partial charge in [-0.3, -0.25) is 4.98 Å². The second-order valence-corrected chi connectivity index (χ2v) is 3.27. The predicted molar refractivity (Wildman–Crippen MR) is 57.4 cm³/mol. The SMILES string of the molecule is CC.CCSCc1cccnc1. The number of thioether (sulfide) groups is 1. The molecule has 0 saturated heterocycles. The van der Waals surface area contributed by atoms with Crippen LogP contribution in [0.2, 0.25) is 0 Å². The van der Waals surface area contributed by atoms with Crippen LogP contribution in [0.1, 0.15) is 26.3 Å². The molecule has 0 bridgehead atoms. The maximum Gasteiger partial charge on any atom is 0.0308 e. The van der Waals surface area contributed by atoms with Crippen LogP contribution in [0.25, 0.3) is 0 Å². The van der Waals surface area contributed by atoms with Crippen molar-refractivity contribution in [1.29, 1.82) is 0 Å². The fourth-order valence-corrected chi connectivity index (χ4v) is 1.31. The van der Waals surface area contributed by atoms with Gasteiger partial charge in [-0.2, -0.15) is 11.8 Å². The van der Waals surface area contributed by atoms with E-state index >= 15 is 0 Å².